The molecule has 1 aliphatic heterocycles. The first-order valence-corrected chi connectivity index (χ1v) is 8.30. The van der Waals surface area contributed by atoms with E-state index < -0.39 is 0 Å². The van der Waals surface area contributed by atoms with Crippen molar-refractivity contribution in [2.24, 2.45) is 0 Å². The lowest BCUT2D eigenvalue weighted by molar-refractivity contribution is -0.129. The van der Waals surface area contributed by atoms with Crippen LogP contribution in [0.4, 0.5) is 5.95 Å². The molecule has 2 amide bonds. The average molecular weight is 348 g/mol. The van der Waals surface area contributed by atoms with Crippen molar-refractivity contribution in [1.29, 1.82) is 0 Å². The number of hydrogen-bond acceptors (Lipinski definition) is 8. The Kier molecular flexibility index (Phi) is 4.94. The summed E-state index contributed by atoms with van der Waals surface area (Å²) in [6.45, 7) is 1.94. The maximum Gasteiger partial charge on any atom is 0.289 e. The molecule has 0 aromatic carbocycles. The van der Waals surface area contributed by atoms with Gasteiger partial charge in [0.15, 0.2) is 10.9 Å². The predicted molar refractivity (Wildman–Crippen MR) is 86.2 cm³/mol. The van der Waals surface area contributed by atoms with Gasteiger partial charge >= 0.3 is 0 Å². The first-order valence-electron chi connectivity index (χ1n) is 7.31. The zero-order valence-electron chi connectivity index (χ0n) is 12.8. The van der Waals surface area contributed by atoms with Gasteiger partial charge < -0.3 is 20.0 Å². The lowest BCUT2D eigenvalue weighted by Gasteiger charge is -2.34. The highest BCUT2D eigenvalue weighted by atomic mass is 32.2. The molecule has 0 bridgehead atoms. The summed E-state index contributed by atoms with van der Waals surface area (Å²) >= 11 is 1.21. The van der Waals surface area contributed by atoms with Crippen LogP contribution in [0.1, 0.15) is 10.6 Å². The molecule has 1 saturated heterocycles. The number of anilines is 1. The second-order valence-electron chi connectivity index (χ2n) is 5.07. The zero-order chi connectivity index (χ0) is 16.9. The molecule has 0 spiro atoms. The van der Waals surface area contributed by atoms with Crippen LogP contribution in [0, 0.1) is 0 Å². The number of thioether (sulfide) groups is 1. The van der Waals surface area contributed by atoms with Crippen LogP contribution in [0.2, 0.25) is 0 Å². The van der Waals surface area contributed by atoms with Crippen LogP contribution in [0.25, 0.3) is 0 Å². The van der Waals surface area contributed by atoms with Crippen LogP contribution in [-0.2, 0) is 4.79 Å². The first kappa shape index (κ1) is 16.2. The summed E-state index contributed by atoms with van der Waals surface area (Å²) in [6.07, 6.45) is 2.78. The van der Waals surface area contributed by atoms with Gasteiger partial charge in [0.1, 0.15) is 6.33 Å². The maximum absolute atomic E-state index is 12.2. The number of carbonyl (C=O) groups excluding carboxylic acids is 2. The maximum atomic E-state index is 12.2. The smallest absolute Gasteiger partial charge is 0.289 e. The van der Waals surface area contributed by atoms with Crippen molar-refractivity contribution in [2.75, 3.05) is 37.7 Å². The Morgan fingerprint density at radius 2 is 1.96 bits per heavy atom. The third-order valence-corrected chi connectivity index (χ3v) is 4.39. The number of aromatic nitrogens is 3. The Morgan fingerprint density at radius 3 is 2.62 bits per heavy atom. The number of nitrogens with zero attached hydrogens (tertiary/aromatic N) is 5. The van der Waals surface area contributed by atoms with E-state index in [-0.39, 0.29) is 23.5 Å². The van der Waals surface area contributed by atoms with Crippen LogP contribution >= 0.6 is 11.8 Å². The molecule has 3 rings (SSSR count). The normalized spacial score (nSPS) is 14.7. The van der Waals surface area contributed by atoms with Crippen molar-refractivity contribution in [3.63, 3.8) is 0 Å². The summed E-state index contributed by atoms with van der Waals surface area (Å²) in [4.78, 5) is 39.4. The predicted octanol–water partition coefficient (Wildman–Crippen LogP) is 0.123. The molecular formula is C14H16N6O3S. The third kappa shape index (κ3) is 3.82. The Morgan fingerprint density at radius 1 is 1.21 bits per heavy atom. The van der Waals surface area contributed by atoms with Gasteiger partial charge in [0.05, 0.1) is 12.0 Å². The molecule has 2 N–H and O–H groups in total. The average Bonchev–Trinajstić information content (AvgIpc) is 3.14. The Labute approximate surface area is 142 Å². The molecule has 9 nitrogen and oxygen atoms in total. The molecule has 0 unspecified atom stereocenters. The highest BCUT2D eigenvalue weighted by molar-refractivity contribution is 7.99. The van der Waals surface area contributed by atoms with Crippen molar-refractivity contribution >= 4 is 29.5 Å². The van der Waals surface area contributed by atoms with Gasteiger partial charge in [0.25, 0.3) is 5.91 Å². The van der Waals surface area contributed by atoms with E-state index in [0.29, 0.717) is 37.1 Å². The molecule has 3 heterocycles. The number of nitrogens with two attached hydrogens (primary N) is 1. The highest BCUT2D eigenvalue weighted by Gasteiger charge is 2.26. The number of amides is 2. The fourth-order valence-corrected chi connectivity index (χ4v) is 3.01. The summed E-state index contributed by atoms with van der Waals surface area (Å²) in [6, 6.07) is 3.31. The monoisotopic (exact) mass is 348 g/mol. The molecule has 1 aliphatic rings. The minimum Gasteiger partial charge on any atom is -0.459 e. The van der Waals surface area contributed by atoms with Crippen molar-refractivity contribution < 1.29 is 14.0 Å². The van der Waals surface area contributed by atoms with Gasteiger partial charge in [-0.2, -0.15) is 4.98 Å². The van der Waals surface area contributed by atoms with Gasteiger partial charge in [0, 0.05) is 26.2 Å². The molecule has 0 radical (unpaired) electrons. The SMILES string of the molecule is Nc1ncnc(SCC(=O)N2CCN(C(=O)c3ccco3)CC2)n1. The van der Waals surface area contributed by atoms with Gasteiger partial charge in [-0.1, -0.05) is 11.8 Å². The van der Waals surface area contributed by atoms with Gasteiger partial charge in [-0.3, -0.25) is 9.59 Å². The van der Waals surface area contributed by atoms with Crippen molar-refractivity contribution in [2.45, 2.75) is 5.16 Å². The minimum absolute atomic E-state index is 0.0240. The second-order valence-corrected chi connectivity index (χ2v) is 6.01. The van der Waals surface area contributed by atoms with E-state index in [1.165, 1.54) is 24.4 Å². The Bertz CT molecular complexity index is 715. The number of nitrogen functional groups attached to an aromatic ring is 1. The summed E-state index contributed by atoms with van der Waals surface area (Å²) in [7, 11) is 0. The second kappa shape index (κ2) is 7.30. The van der Waals surface area contributed by atoms with E-state index in [1.807, 2.05) is 0 Å². The van der Waals surface area contributed by atoms with E-state index >= 15 is 0 Å². The summed E-state index contributed by atoms with van der Waals surface area (Å²) < 4.78 is 5.12. The van der Waals surface area contributed by atoms with E-state index in [9.17, 15) is 9.59 Å². The molecule has 24 heavy (non-hydrogen) atoms. The van der Waals surface area contributed by atoms with Gasteiger partial charge in [-0.25, -0.2) is 9.97 Å². The number of hydrogen-bond donors (Lipinski definition) is 1. The van der Waals surface area contributed by atoms with Gasteiger partial charge in [-0.15, -0.1) is 0 Å². The molecule has 10 heteroatoms. The molecule has 1 fully saturated rings. The van der Waals surface area contributed by atoms with Gasteiger partial charge in [0.2, 0.25) is 11.9 Å². The topological polar surface area (TPSA) is 118 Å². The quantitative estimate of drug-likeness (QED) is 0.774. The third-order valence-electron chi connectivity index (χ3n) is 3.54. The first-order chi connectivity index (χ1) is 11.6. The molecular weight excluding hydrogens is 332 g/mol. The van der Waals surface area contributed by atoms with Crippen molar-refractivity contribution in [1.82, 2.24) is 24.8 Å². The molecule has 0 aliphatic carbocycles. The van der Waals surface area contributed by atoms with E-state index in [0.717, 1.165) is 0 Å². The molecule has 2 aromatic rings. The lowest BCUT2D eigenvalue weighted by atomic mass is 10.3. The van der Waals surface area contributed by atoms with Crippen LogP contribution < -0.4 is 5.73 Å². The minimum atomic E-state index is -0.151. The standard InChI is InChI=1S/C14H16N6O3S/c15-13-16-9-17-14(18-13)24-8-11(21)19-3-5-20(6-4-19)12(22)10-2-1-7-23-10/h1-2,7,9H,3-6,8H2,(H2,15,16,17,18). The number of furan rings is 1. The molecule has 0 atom stereocenters. The Hall–Kier alpha value is -2.62. The summed E-state index contributed by atoms with van der Waals surface area (Å²) in [5, 5.41) is 0.419. The number of carbonyl (C=O) groups is 2. The fraction of sp³-hybridized carbons (Fsp3) is 0.357. The van der Waals surface area contributed by atoms with E-state index in [4.69, 9.17) is 10.2 Å². The van der Waals surface area contributed by atoms with Crippen LogP contribution in [0.5, 0.6) is 0 Å². The molecule has 2 aromatic heterocycles. The largest absolute Gasteiger partial charge is 0.459 e. The Balaban J connectivity index is 1.47. The van der Waals surface area contributed by atoms with Gasteiger partial charge in [-0.05, 0) is 12.1 Å². The van der Waals surface area contributed by atoms with Crippen LogP contribution in [-0.4, -0.2) is 68.5 Å². The van der Waals surface area contributed by atoms with Crippen molar-refractivity contribution in [3.05, 3.63) is 30.5 Å². The van der Waals surface area contributed by atoms with E-state index in [1.54, 1.807) is 21.9 Å². The van der Waals surface area contributed by atoms with Crippen LogP contribution in [0.15, 0.2) is 34.3 Å². The zero-order valence-corrected chi connectivity index (χ0v) is 13.6. The molecule has 0 saturated carbocycles. The molecule has 126 valence electrons. The number of rotatable bonds is 4. The van der Waals surface area contributed by atoms with Crippen LogP contribution in [0.3, 0.4) is 0 Å². The number of piperazine rings is 1. The lowest BCUT2D eigenvalue weighted by Crippen LogP contribution is -2.51. The summed E-state index contributed by atoms with van der Waals surface area (Å²) in [5.74, 6) is 0.490. The van der Waals surface area contributed by atoms with E-state index in [2.05, 4.69) is 15.0 Å². The highest BCUT2D eigenvalue weighted by Crippen LogP contribution is 2.15. The summed E-state index contributed by atoms with van der Waals surface area (Å²) in [5.41, 5.74) is 5.48. The van der Waals surface area contributed by atoms with Crippen molar-refractivity contribution in [3.8, 4) is 0 Å². The fourth-order valence-electron chi connectivity index (χ4n) is 2.30.